The van der Waals surface area contributed by atoms with E-state index in [9.17, 15) is 4.79 Å². The molecule has 2 N–H and O–H groups in total. The number of thiophene rings is 1. The Morgan fingerprint density at radius 3 is 2.54 bits per heavy atom. The molecular weight excluding hydrogens is 393 g/mol. The largest absolute Gasteiger partial charge is 0.379 e. The third kappa shape index (κ3) is 5.57. The van der Waals surface area contributed by atoms with Crippen molar-refractivity contribution in [2.24, 2.45) is 5.73 Å². The maximum absolute atomic E-state index is 13.0. The number of morpholine rings is 1. The Labute approximate surface area is 173 Å². The standard InChI is InChI=1S/C18H29N3O2S.2ClH/c1-20(17(22)18(19)7-3-2-4-8-18)14-15(16-6-5-13-24-16)21-9-11-23-12-10-21;;/h5-6,13,15H,2-4,7-12,14,19H2,1H3;2*1H. The minimum absolute atomic E-state index is 0. The zero-order valence-electron chi connectivity index (χ0n) is 15.4. The third-order valence-corrected chi connectivity index (χ3v) is 6.30. The molecule has 3 rings (SSSR count). The highest BCUT2D eigenvalue weighted by atomic mass is 35.5. The van der Waals surface area contributed by atoms with Crippen LogP contribution >= 0.6 is 36.2 Å². The summed E-state index contributed by atoms with van der Waals surface area (Å²) in [4.78, 5) is 18.6. The first-order chi connectivity index (χ1) is 11.6. The highest BCUT2D eigenvalue weighted by Crippen LogP contribution is 2.30. The smallest absolute Gasteiger partial charge is 0.242 e. The van der Waals surface area contributed by atoms with Gasteiger partial charge in [-0.3, -0.25) is 9.69 Å². The van der Waals surface area contributed by atoms with Gasteiger partial charge >= 0.3 is 0 Å². The number of amides is 1. The Morgan fingerprint density at radius 2 is 1.96 bits per heavy atom. The van der Waals surface area contributed by atoms with Gasteiger partial charge in [0.2, 0.25) is 5.91 Å². The van der Waals surface area contributed by atoms with Gasteiger partial charge in [0.15, 0.2) is 0 Å². The minimum Gasteiger partial charge on any atom is -0.379 e. The number of carbonyl (C=O) groups is 1. The maximum Gasteiger partial charge on any atom is 0.242 e. The Kier molecular flexibility index (Phi) is 9.86. The quantitative estimate of drug-likeness (QED) is 0.789. The molecular formula is C18H31Cl2N3O2S. The normalized spacial score (nSPS) is 21.2. The van der Waals surface area contributed by atoms with Crippen molar-refractivity contribution < 1.29 is 9.53 Å². The summed E-state index contributed by atoms with van der Waals surface area (Å²) in [6.07, 6.45) is 4.96. The van der Waals surface area contributed by atoms with Crippen LogP contribution in [-0.4, -0.2) is 61.1 Å². The van der Waals surface area contributed by atoms with Gasteiger partial charge in [-0.25, -0.2) is 0 Å². The van der Waals surface area contributed by atoms with Crippen molar-refractivity contribution in [3.63, 3.8) is 0 Å². The molecule has 0 spiro atoms. The average molecular weight is 424 g/mol. The van der Waals surface area contributed by atoms with E-state index in [2.05, 4.69) is 22.4 Å². The highest BCUT2D eigenvalue weighted by Gasteiger charge is 2.38. The van der Waals surface area contributed by atoms with E-state index in [4.69, 9.17) is 10.5 Å². The second-order valence-corrected chi connectivity index (χ2v) is 8.06. The molecule has 2 aliphatic rings. The first-order valence-electron chi connectivity index (χ1n) is 9.00. The van der Waals surface area contributed by atoms with Crippen molar-refractivity contribution in [2.75, 3.05) is 39.9 Å². The Bertz CT molecular complexity index is 533. The molecule has 1 aliphatic carbocycles. The number of halogens is 2. The van der Waals surface area contributed by atoms with Gasteiger partial charge in [-0.05, 0) is 24.3 Å². The topological polar surface area (TPSA) is 58.8 Å². The second-order valence-electron chi connectivity index (χ2n) is 7.08. The number of hydrogen-bond acceptors (Lipinski definition) is 5. The van der Waals surface area contributed by atoms with Crippen LogP contribution in [0.2, 0.25) is 0 Å². The van der Waals surface area contributed by atoms with Gasteiger partial charge in [-0.15, -0.1) is 36.2 Å². The van der Waals surface area contributed by atoms with Crippen LogP contribution in [0.1, 0.15) is 43.0 Å². The van der Waals surface area contributed by atoms with E-state index in [0.717, 1.165) is 52.0 Å². The summed E-state index contributed by atoms with van der Waals surface area (Å²) in [5.41, 5.74) is 5.80. The molecule has 1 aliphatic heterocycles. The summed E-state index contributed by atoms with van der Waals surface area (Å²) >= 11 is 1.76. The maximum atomic E-state index is 13.0. The fourth-order valence-corrected chi connectivity index (χ4v) is 4.73. The summed E-state index contributed by atoms with van der Waals surface area (Å²) in [6.45, 7) is 4.05. The van der Waals surface area contributed by atoms with Crippen molar-refractivity contribution in [3.05, 3.63) is 22.4 Å². The number of nitrogens with zero attached hydrogens (tertiary/aromatic N) is 2. The fourth-order valence-electron chi connectivity index (χ4n) is 3.87. The predicted molar refractivity (Wildman–Crippen MR) is 112 cm³/mol. The number of ether oxygens (including phenoxy) is 1. The van der Waals surface area contributed by atoms with Crippen LogP contribution in [0.25, 0.3) is 0 Å². The first-order valence-corrected chi connectivity index (χ1v) is 9.88. The van der Waals surface area contributed by atoms with Crippen LogP contribution in [0.3, 0.4) is 0 Å². The SMILES string of the molecule is CN(CC(c1cccs1)N1CCOCC1)C(=O)C1(N)CCCCC1.Cl.Cl. The molecule has 1 atom stereocenters. The molecule has 0 aromatic carbocycles. The van der Waals surface area contributed by atoms with Crippen LogP contribution < -0.4 is 5.73 Å². The van der Waals surface area contributed by atoms with Crippen LogP contribution in [-0.2, 0) is 9.53 Å². The lowest BCUT2D eigenvalue weighted by molar-refractivity contribution is -0.138. The summed E-state index contributed by atoms with van der Waals surface area (Å²) < 4.78 is 5.49. The zero-order valence-corrected chi connectivity index (χ0v) is 17.8. The summed E-state index contributed by atoms with van der Waals surface area (Å²) in [5, 5.41) is 2.11. The van der Waals surface area contributed by atoms with Crippen molar-refractivity contribution in [1.82, 2.24) is 9.80 Å². The van der Waals surface area contributed by atoms with Crippen molar-refractivity contribution >= 4 is 42.1 Å². The lowest BCUT2D eigenvalue weighted by atomic mass is 9.81. The van der Waals surface area contributed by atoms with E-state index in [1.54, 1.807) is 11.3 Å². The van der Waals surface area contributed by atoms with Crippen molar-refractivity contribution in [2.45, 2.75) is 43.7 Å². The van der Waals surface area contributed by atoms with Crippen LogP contribution in [0.4, 0.5) is 0 Å². The Balaban J connectivity index is 0.00000169. The molecule has 5 nitrogen and oxygen atoms in total. The lowest BCUT2D eigenvalue weighted by Gasteiger charge is -2.39. The second kappa shape index (κ2) is 10.8. The highest BCUT2D eigenvalue weighted by molar-refractivity contribution is 7.10. The molecule has 1 saturated heterocycles. The zero-order chi connectivity index (χ0) is 17.0. The van der Waals surface area contributed by atoms with Gasteiger partial charge in [0, 0.05) is 31.6 Å². The van der Waals surface area contributed by atoms with Crippen LogP contribution in [0, 0.1) is 0 Å². The number of hydrogen-bond donors (Lipinski definition) is 1. The molecule has 2 heterocycles. The molecule has 1 unspecified atom stereocenters. The van der Waals surface area contributed by atoms with Crippen LogP contribution in [0.5, 0.6) is 0 Å². The molecule has 0 radical (unpaired) electrons. The average Bonchev–Trinajstić information content (AvgIpc) is 3.14. The number of nitrogens with two attached hydrogens (primary N) is 1. The molecule has 1 aromatic heterocycles. The predicted octanol–water partition coefficient (Wildman–Crippen LogP) is 3.09. The molecule has 0 bridgehead atoms. The molecule has 1 saturated carbocycles. The van der Waals surface area contributed by atoms with Crippen molar-refractivity contribution in [1.29, 1.82) is 0 Å². The summed E-state index contributed by atoms with van der Waals surface area (Å²) in [5.74, 6) is 0.108. The summed E-state index contributed by atoms with van der Waals surface area (Å²) in [7, 11) is 1.91. The van der Waals surface area contributed by atoms with Gasteiger partial charge in [0.25, 0.3) is 0 Å². The molecule has 8 heteroatoms. The first kappa shape index (κ1) is 23.7. The van der Waals surface area contributed by atoms with E-state index in [1.165, 1.54) is 11.3 Å². The number of carbonyl (C=O) groups excluding carboxylic acids is 1. The van der Waals surface area contributed by atoms with Gasteiger partial charge < -0.3 is 15.4 Å². The Hall–Kier alpha value is -0.370. The summed E-state index contributed by atoms with van der Waals surface area (Å²) in [6, 6.07) is 4.48. The molecule has 1 amide bonds. The Morgan fingerprint density at radius 1 is 1.31 bits per heavy atom. The van der Waals surface area contributed by atoms with E-state index in [-0.39, 0.29) is 36.8 Å². The minimum atomic E-state index is -0.655. The van der Waals surface area contributed by atoms with E-state index in [1.807, 2.05) is 11.9 Å². The molecule has 1 aromatic rings. The van der Waals surface area contributed by atoms with E-state index >= 15 is 0 Å². The van der Waals surface area contributed by atoms with Crippen molar-refractivity contribution in [3.8, 4) is 0 Å². The number of likely N-dealkylation sites (N-methyl/N-ethyl adjacent to an activating group) is 1. The van der Waals surface area contributed by atoms with Gasteiger partial charge in [-0.1, -0.05) is 25.3 Å². The lowest BCUT2D eigenvalue weighted by Crippen LogP contribution is -2.56. The molecule has 26 heavy (non-hydrogen) atoms. The van der Waals surface area contributed by atoms with Gasteiger partial charge in [-0.2, -0.15) is 0 Å². The van der Waals surface area contributed by atoms with Crippen LogP contribution in [0.15, 0.2) is 17.5 Å². The molecule has 150 valence electrons. The monoisotopic (exact) mass is 423 g/mol. The fraction of sp³-hybridized carbons (Fsp3) is 0.722. The van der Waals surface area contributed by atoms with E-state index in [0.29, 0.717) is 6.54 Å². The van der Waals surface area contributed by atoms with Gasteiger partial charge in [0.05, 0.1) is 24.8 Å². The molecule has 2 fully saturated rings. The van der Waals surface area contributed by atoms with Gasteiger partial charge in [0.1, 0.15) is 0 Å². The third-order valence-electron chi connectivity index (χ3n) is 5.32. The van der Waals surface area contributed by atoms with E-state index < -0.39 is 5.54 Å². The number of rotatable bonds is 5.